The van der Waals surface area contributed by atoms with E-state index in [1.165, 1.54) is 34.6 Å². The molecule has 0 bridgehead atoms. The van der Waals surface area contributed by atoms with E-state index in [9.17, 15) is 4.79 Å². The number of carbonyl (C=O) groups excluding carboxylic acids is 1. The van der Waals surface area contributed by atoms with Crippen LogP contribution in [0.5, 0.6) is 0 Å². The molecule has 2 unspecified atom stereocenters. The van der Waals surface area contributed by atoms with Crippen LogP contribution >= 0.6 is 0 Å². The van der Waals surface area contributed by atoms with Gasteiger partial charge < -0.3 is 4.74 Å². The van der Waals surface area contributed by atoms with Crippen LogP contribution in [-0.2, 0) is 14.9 Å². The molecule has 3 heteroatoms. The second-order valence-corrected chi connectivity index (χ2v) is 9.63. The van der Waals surface area contributed by atoms with Gasteiger partial charge in [0.25, 0.3) is 0 Å². The number of fused-ring (bicyclic) bond motifs is 5. The Morgan fingerprint density at radius 3 is 2.19 bits per heavy atom. The highest BCUT2D eigenvalue weighted by Crippen LogP contribution is 2.55. The number of nitrogens with zero attached hydrogens (tertiary/aromatic N) is 1. The molecule has 0 fully saturated rings. The van der Waals surface area contributed by atoms with Crippen molar-refractivity contribution in [1.82, 2.24) is 4.98 Å². The summed E-state index contributed by atoms with van der Waals surface area (Å²) in [5.41, 5.74) is 5.51. The predicted octanol–water partition coefficient (Wildman–Crippen LogP) is 6.90. The van der Waals surface area contributed by atoms with Crippen molar-refractivity contribution in [3.63, 3.8) is 0 Å². The summed E-state index contributed by atoms with van der Waals surface area (Å²) in [6.07, 6.45) is 1.66. The summed E-state index contributed by atoms with van der Waals surface area (Å²) in [7, 11) is 1.48. The number of carbonyl (C=O) groups is 1. The van der Waals surface area contributed by atoms with Gasteiger partial charge in [-0.3, -0.25) is 4.79 Å². The maximum atomic E-state index is 12.5. The lowest BCUT2D eigenvalue weighted by Gasteiger charge is -2.35. The Hall–Kier alpha value is -3.20. The second-order valence-electron chi connectivity index (χ2n) is 9.63. The average molecular weight is 424 g/mol. The fraction of sp³-hybridized carbons (Fsp3) is 0.310. The lowest BCUT2D eigenvalue weighted by Crippen LogP contribution is -2.32. The lowest BCUT2D eigenvalue weighted by molar-refractivity contribution is -0.145. The topological polar surface area (TPSA) is 39.2 Å². The number of aromatic nitrogens is 1. The Morgan fingerprint density at radius 2 is 1.50 bits per heavy atom. The van der Waals surface area contributed by atoms with E-state index in [1.54, 1.807) is 0 Å². The van der Waals surface area contributed by atoms with E-state index < -0.39 is 0 Å². The molecule has 0 spiro atoms. The van der Waals surface area contributed by atoms with Gasteiger partial charge in [0.2, 0.25) is 0 Å². The molecule has 0 amide bonds. The minimum atomic E-state index is -0.284. The van der Waals surface area contributed by atoms with Crippen molar-refractivity contribution in [2.24, 2.45) is 11.8 Å². The van der Waals surface area contributed by atoms with Crippen molar-refractivity contribution in [2.45, 2.75) is 39.0 Å². The Balaban J connectivity index is 1.85. The molecule has 4 aromatic rings. The highest BCUT2D eigenvalue weighted by Gasteiger charge is 2.46. The number of ether oxygens (including phenoxy) is 1. The van der Waals surface area contributed by atoms with Gasteiger partial charge in [0.05, 0.1) is 24.2 Å². The molecule has 0 saturated heterocycles. The summed E-state index contributed by atoms with van der Waals surface area (Å²) in [6, 6.07) is 23.8. The van der Waals surface area contributed by atoms with Gasteiger partial charge in [0, 0.05) is 16.4 Å². The van der Waals surface area contributed by atoms with Crippen molar-refractivity contribution >= 4 is 27.6 Å². The fourth-order valence-corrected chi connectivity index (χ4v) is 5.69. The average Bonchev–Trinajstić information content (AvgIpc) is 3.03. The first-order valence-electron chi connectivity index (χ1n) is 11.4. The van der Waals surface area contributed by atoms with Gasteiger partial charge >= 0.3 is 5.97 Å². The number of esters is 1. The first-order chi connectivity index (χ1) is 15.4. The molecular weight excluding hydrogens is 394 g/mol. The first kappa shape index (κ1) is 20.7. The smallest absolute Gasteiger partial charge is 0.308 e. The zero-order chi connectivity index (χ0) is 22.5. The van der Waals surface area contributed by atoms with Gasteiger partial charge in [-0.05, 0) is 64.9 Å². The van der Waals surface area contributed by atoms with Crippen LogP contribution in [0.1, 0.15) is 44.7 Å². The molecule has 32 heavy (non-hydrogen) atoms. The highest BCUT2D eigenvalue weighted by atomic mass is 16.5. The fourth-order valence-electron chi connectivity index (χ4n) is 5.69. The summed E-state index contributed by atoms with van der Waals surface area (Å²) in [4.78, 5) is 17.7. The molecule has 0 N–H and O–H groups in total. The Morgan fingerprint density at radius 1 is 0.875 bits per heavy atom. The highest BCUT2D eigenvalue weighted by molar-refractivity contribution is 5.95. The summed E-state index contributed by atoms with van der Waals surface area (Å²) >= 11 is 0. The number of hydrogen-bond donors (Lipinski definition) is 0. The van der Waals surface area contributed by atoms with Crippen LogP contribution in [-0.4, -0.2) is 18.1 Å². The number of pyridine rings is 1. The van der Waals surface area contributed by atoms with Crippen LogP contribution in [0.4, 0.5) is 0 Å². The Kier molecular flexibility index (Phi) is 5.00. The van der Waals surface area contributed by atoms with E-state index in [0.29, 0.717) is 12.3 Å². The zero-order valence-electron chi connectivity index (χ0n) is 19.2. The molecular formula is C29H29NO2. The number of rotatable bonds is 5. The zero-order valence-corrected chi connectivity index (χ0v) is 19.2. The van der Waals surface area contributed by atoms with Gasteiger partial charge in [-0.2, -0.15) is 0 Å². The van der Waals surface area contributed by atoms with Crippen LogP contribution < -0.4 is 0 Å². The molecule has 1 aromatic heterocycles. The molecule has 1 heterocycles. The number of benzene rings is 3. The molecule has 5 rings (SSSR count). The standard InChI is InChI=1S/C29H29NO2/c1-18(2)16-29(17-19(3)28(31)32-4)24-14-21-10-6-5-9-20(21)13-23(24)27-25(29)15-22-11-7-8-12-26(22)30-27/h5-15,18-19H,16-17H2,1-4H3. The van der Waals surface area contributed by atoms with Gasteiger partial charge in [-0.25, -0.2) is 4.98 Å². The summed E-state index contributed by atoms with van der Waals surface area (Å²) in [6.45, 7) is 6.51. The van der Waals surface area contributed by atoms with Gasteiger partial charge in [-0.1, -0.05) is 63.2 Å². The van der Waals surface area contributed by atoms with E-state index in [-0.39, 0.29) is 17.3 Å². The second kappa shape index (κ2) is 7.74. The van der Waals surface area contributed by atoms with Crippen LogP contribution in [0.3, 0.4) is 0 Å². The molecule has 3 nitrogen and oxygen atoms in total. The largest absolute Gasteiger partial charge is 0.469 e. The molecule has 0 radical (unpaired) electrons. The van der Waals surface area contributed by atoms with Crippen LogP contribution in [0, 0.1) is 11.8 Å². The van der Waals surface area contributed by atoms with Crippen LogP contribution in [0.15, 0.2) is 66.7 Å². The van der Waals surface area contributed by atoms with Crippen LogP contribution in [0.2, 0.25) is 0 Å². The maximum absolute atomic E-state index is 12.5. The molecule has 1 aliphatic rings. The van der Waals surface area contributed by atoms with Crippen molar-refractivity contribution in [1.29, 1.82) is 0 Å². The monoisotopic (exact) mass is 423 g/mol. The quantitative estimate of drug-likeness (QED) is 0.328. The van der Waals surface area contributed by atoms with Gasteiger partial charge in [-0.15, -0.1) is 0 Å². The molecule has 2 atom stereocenters. The van der Waals surface area contributed by atoms with E-state index >= 15 is 0 Å². The Labute approximate surface area is 189 Å². The summed E-state index contributed by atoms with van der Waals surface area (Å²) in [5.74, 6) is 0.0877. The van der Waals surface area contributed by atoms with Gasteiger partial charge in [0.15, 0.2) is 0 Å². The number of para-hydroxylation sites is 1. The number of hydrogen-bond acceptors (Lipinski definition) is 3. The van der Waals surface area contributed by atoms with E-state index in [4.69, 9.17) is 9.72 Å². The van der Waals surface area contributed by atoms with Crippen molar-refractivity contribution in [3.8, 4) is 11.3 Å². The van der Waals surface area contributed by atoms with Crippen molar-refractivity contribution < 1.29 is 9.53 Å². The van der Waals surface area contributed by atoms with Crippen molar-refractivity contribution in [2.75, 3.05) is 7.11 Å². The third kappa shape index (κ3) is 3.19. The normalized spacial score (nSPS) is 18.0. The van der Waals surface area contributed by atoms with E-state index in [2.05, 4.69) is 74.5 Å². The molecule has 0 aliphatic heterocycles. The minimum absolute atomic E-state index is 0.155. The summed E-state index contributed by atoms with van der Waals surface area (Å²) < 4.78 is 5.13. The van der Waals surface area contributed by atoms with Crippen molar-refractivity contribution in [3.05, 3.63) is 77.9 Å². The Bertz CT molecular complexity index is 1250. The third-order valence-electron chi connectivity index (χ3n) is 6.91. The first-order valence-corrected chi connectivity index (χ1v) is 11.4. The summed E-state index contributed by atoms with van der Waals surface area (Å²) in [5, 5.41) is 3.58. The molecule has 3 aromatic carbocycles. The molecule has 0 saturated carbocycles. The molecule has 1 aliphatic carbocycles. The van der Waals surface area contributed by atoms with Crippen LogP contribution in [0.25, 0.3) is 32.9 Å². The maximum Gasteiger partial charge on any atom is 0.308 e. The lowest BCUT2D eigenvalue weighted by atomic mass is 9.67. The van der Waals surface area contributed by atoms with Gasteiger partial charge in [0.1, 0.15) is 0 Å². The minimum Gasteiger partial charge on any atom is -0.469 e. The van der Waals surface area contributed by atoms with E-state index in [1.807, 2.05) is 13.0 Å². The SMILES string of the molecule is COC(=O)C(C)CC1(CC(C)C)c2cc3ccccc3cc2-c2nc3ccccc3cc21. The van der Waals surface area contributed by atoms with E-state index in [0.717, 1.165) is 23.0 Å². The third-order valence-corrected chi connectivity index (χ3v) is 6.91. The molecule has 162 valence electrons. The predicted molar refractivity (Wildman–Crippen MR) is 131 cm³/mol. The number of methoxy groups -OCH3 is 1.